The highest BCUT2D eigenvalue weighted by molar-refractivity contribution is 5.76. The van der Waals surface area contributed by atoms with E-state index in [-0.39, 0.29) is 11.9 Å². The van der Waals surface area contributed by atoms with Gasteiger partial charge in [-0.25, -0.2) is 9.59 Å². The van der Waals surface area contributed by atoms with Gasteiger partial charge in [-0.15, -0.1) is 0 Å². The number of hydrogen-bond donors (Lipinski definition) is 2. The van der Waals surface area contributed by atoms with Gasteiger partial charge in [-0.05, 0) is 45.4 Å². The van der Waals surface area contributed by atoms with Crippen molar-refractivity contribution in [2.75, 3.05) is 14.1 Å². The molecule has 8 nitrogen and oxygen atoms in total. The van der Waals surface area contributed by atoms with Crippen molar-refractivity contribution < 1.29 is 28.6 Å². The zero-order chi connectivity index (χ0) is 20.8. The predicted molar refractivity (Wildman–Crippen MR) is 101 cm³/mol. The molecule has 4 rings (SSSR count). The zero-order valence-corrected chi connectivity index (χ0v) is 17.5. The van der Waals surface area contributed by atoms with E-state index in [0.29, 0.717) is 44.9 Å². The summed E-state index contributed by atoms with van der Waals surface area (Å²) in [6, 6.07) is 0. The monoisotopic (exact) mass is 396 g/mol. The molecule has 0 saturated heterocycles. The van der Waals surface area contributed by atoms with Crippen LogP contribution in [0.4, 0.5) is 9.59 Å². The summed E-state index contributed by atoms with van der Waals surface area (Å²) in [6.45, 7) is 5.68. The van der Waals surface area contributed by atoms with Crippen molar-refractivity contribution >= 4 is 18.2 Å². The third kappa shape index (κ3) is 3.65. The fourth-order valence-corrected chi connectivity index (χ4v) is 5.49. The van der Waals surface area contributed by atoms with Crippen LogP contribution in [0.15, 0.2) is 0 Å². The molecule has 0 aromatic rings. The summed E-state index contributed by atoms with van der Waals surface area (Å²) in [4.78, 5) is 37.0. The highest BCUT2D eigenvalue weighted by Crippen LogP contribution is 2.63. The van der Waals surface area contributed by atoms with Crippen LogP contribution in [0, 0.1) is 11.3 Å². The third-order valence-electron chi connectivity index (χ3n) is 6.69. The van der Waals surface area contributed by atoms with Gasteiger partial charge in [-0.2, -0.15) is 0 Å². The molecule has 8 heteroatoms. The third-order valence-corrected chi connectivity index (χ3v) is 6.69. The SMILES string of the molecule is CCC(C)(C)C(=O)OC12CC3CC(OC(=O)NC)(CC(OC(=O)NC)(C3)C1)C2. The number of carbonyl (C=O) groups is 3. The van der Waals surface area contributed by atoms with Crippen LogP contribution in [0.5, 0.6) is 0 Å². The molecule has 4 saturated carbocycles. The average molecular weight is 396 g/mol. The molecule has 158 valence electrons. The Morgan fingerprint density at radius 3 is 1.61 bits per heavy atom. The Hall–Kier alpha value is -1.99. The number of nitrogens with one attached hydrogen (secondary N) is 2. The van der Waals surface area contributed by atoms with Crippen molar-refractivity contribution in [1.82, 2.24) is 10.6 Å². The molecule has 2 atom stereocenters. The highest BCUT2D eigenvalue weighted by atomic mass is 16.6. The van der Waals surface area contributed by atoms with Gasteiger partial charge >= 0.3 is 18.2 Å². The van der Waals surface area contributed by atoms with Crippen LogP contribution in [-0.4, -0.2) is 49.1 Å². The van der Waals surface area contributed by atoms with E-state index < -0.39 is 34.4 Å². The van der Waals surface area contributed by atoms with Gasteiger partial charge in [-0.3, -0.25) is 4.79 Å². The Morgan fingerprint density at radius 1 is 0.857 bits per heavy atom. The van der Waals surface area contributed by atoms with E-state index >= 15 is 0 Å². The molecule has 2 N–H and O–H groups in total. The van der Waals surface area contributed by atoms with E-state index in [1.807, 2.05) is 20.8 Å². The van der Waals surface area contributed by atoms with E-state index in [2.05, 4.69) is 10.6 Å². The summed E-state index contributed by atoms with van der Waals surface area (Å²) >= 11 is 0. The number of ether oxygens (including phenoxy) is 3. The van der Waals surface area contributed by atoms with Crippen molar-refractivity contribution in [3.63, 3.8) is 0 Å². The van der Waals surface area contributed by atoms with Gasteiger partial charge in [0.15, 0.2) is 0 Å². The number of alkyl carbamates (subject to hydrolysis) is 2. The summed E-state index contributed by atoms with van der Waals surface area (Å²) in [5.74, 6) is -0.106. The summed E-state index contributed by atoms with van der Waals surface area (Å²) in [6.07, 6.45) is 3.00. The summed E-state index contributed by atoms with van der Waals surface area (Å²) < 4.78 is 17.7. The Morgan fingerprint density at radius 2 is 1.25 bits per heavy atom. The molecule has 4 fully saturated rings. The molecular formula is C20H32N2O6. The summed E-state index contributed by atoms with van der Waals surface area (Å²) in [5.41, 5.74) is -2.99. The summed E-state index contributed by atoms with van der Waals surface area (Å²) in [7, 11) is 3.03. The van der Waals surface area contributed by atoms with Crippen LogP contribution < -0.4 is 10.6 Å². The first kappa shape index (κ1) is 20.7. The smallest absolute Gasteiger partial charge is 0.407 e. The molecule has 2 unspecified atom stereocenters. The van der Waals surface area contributed by atoms with Gasteiger partial charge in [0.1, 0.15) is 16.8 Å². The van der Waals surface area contributed by atoms with Crippen molar-refractivity contribution in [3.8, 4) is 0 Å². The van der Waals surface area contributed by atoms with Gasteiger partial charge < -0.3 is 24.8 Å². The second kappa shape index (κ2) is 6.81. The van der Waals surface area contributed by atoms with Crippen LogP contribution in [0.25, 0.3) is 0 Å². The average Bonchev–Trinajstić information content (AvgIpc) is 2.58. The lowest BCUT2D eigenvalue weighted by molar-refractivity contribution is -0.262. The molecule has 4 aliphatic carbocycles. The van der Waals surface area contributed by atoms with E-state index in [1.54, 1.807) is 0 Å². The van der Waals surface area contributed by atoms with Gasteiger partial charge in [0, 0.05) is 33.4 Å². The van der Waals surface area contributed by atoms with Crippen molar-refractivity contribution in [2.24, 2.45) is 11.3 Å². The molecular weight excluding hydrogens is 364 g/mol. The Bertz CT molecular complexity index is 642. The maximum Gasteiger partial charge on any atom is 0.407 e. The normalized spacial score (nSPS) is 35.8. The first-order valence-electron chi connectivity index (χ1n) is 10.1. The fraction of sp³-hybridized carbons (Fsp3) is 0.850. The van der Waals surface area contributed by atoms with Gasteiger partial charge in [0.2, 0.25) is 0 Å². The van der Waals surface area contributed by atoms with Crippen LogP contribution in [0.2, 0.25) is 0 Å². The molecule has 0 aromatic heterocycles. The minimum absolute atomic E-state index is 0.156. The fourth-order valence-electron chi connectivity index (χ4n) is 5.49. The number of esters is 1. The lowest BCUT2D eigenvalue weighted by Gasteiger charge is -2.63. The van der Waals surface area contributed by atoms with Crippen LogP contribution >= 0.6 is 0 Å². The van der Waals surface area contributed by atoms with Crippen LogP contribution in [-0.2, 0) is 19.0 Å². The maximum atomic E-state index is 12.9. The highest BCUT2D eigenvalue weighted by Gasteiger charge is 2.68. The lowest BCUT2D eigenvalue weighted by Crippen LogP contribution is -2.69. The minimum atomic E-state index is -0.801. The molecule has 4 aliphatic rings. The number of amides is 2. The number of carbonyl (C=O) groups excluding carboxylic acids is 3. The molecule has 4 bridgehead atoms. The zero-order valence-electron chi connectivity index (χ0n) is 17.5. The van der Waals surface area contributed by atoms with E-state index in [1.165, 1.54) is 14.1 Å². The molecule has 0 spiro atoms. The largest absolute Gasteiger partial charge is 0.458 e. The molecule has 0 aliphatic heterocycles. The van der Waals surface area contributed by atoms with E-state index in [9.17, 15) is 14.4 Å². The first-order valence-corrected chi connectivity index (χ1v) is 10.1. The second-order valence-corrected chi connectivity index (χ2v) is 9.46. The standard InChI is InChI=1S/C20H32N2O6/c1-6-17(2,3)14(23)26-18-7-13-8-19(10-18,27-15(24)21-4)12-20(9-13,11-18)28-16(25)22-5/h13H,6-12H2,1-5H3,(H,21,24)(H,22,25). The molecule has 0 aromatic carbocycles. The molecule has 2 amide bonds. The Labute approximate surface area is 166 Å². The second-order valence-electron chi connectivity index (χ2n) is 9.46. The minimum Gasteiger partial charge on any atom is -0.458 e. The Kier molecular flexibility index (Phi) is 5.04. The number of hydrogen-bond acceptors (Lipinski definition) is 6. The molecule has 0 radical (unpaired) electrons. The Balaban J connectivity index is 1.94. The summed E-state index contributed by atoms with van der Waals surface area (Å²) in [5, 5.41) is 5.00. The van der Waals surface area contributed by atoms with Crippen LogP contribution in [0.1, 0.15) is 65.7 Å². The number of rotatable bonds is 5. The first-order chi connectivity index (χ1) is 13.0. The van der Waals surface area contributed by atoms with Gasteiger partial charge in [0.25, 0.3) is 0 Å². The van der Waals surface area contributed by atoms with Gasteiger partial charge in [-0.1, -0.05) is 6.92 Å². The van der Waals surface area contributed by atoms with Crippen LogP contribution in [0.3, 0.4) is 0 Å². The van der Waals surface area contributed by atoms with Crippen molar-refractivity contribution in [3.05, 3.63) is 0 Å². The van der Waals surface area contributed by atoms with E-state index in [0.717, 1.165) is 0 Å². The maximum absolute atomic E-state index is 12.9. The predicted octanol–water partition coefficient (Wildman–Crippen LogP) is 2.89. The quantitative estimate of drug-likeness (QED) is 0.547. The topological polar surface area (TPSA) is 103 Å². The molecule has 28 heavy (non-hydrogen) atoms. The van der Waals surface area contributed by atoms with Crippen molar-refractivity contribution in [2.45, 2.75) is 82.5 Å². The van der Waals surface area contributed by atoms with E-state index in [4.69, 9.17) is 14.2 Å². The van der Waals surface area contributed by atoms with Gasteiger partial charge in [0.05, 0.1) is 5.41 Å². The van der Waals surface area contributed by atoms with Crippen molar-refractivity contribution in [1.29, 1.82) is 0 Å². The molecule has 0 heterocycles. The lowest BCUT2D eigenvalue weighted by atomic mass is 9.50.